The molecule has 1 rings (SSSR count). The van der Waals surface area contributed by atoms with Gasteiger partial charge in [0.2, 0.25) is 0 Å². The average Bonchev–Trinajstić information content (AvgIpc) is 2.54. The van der Waals surface area contributed by atoms with Crippen LogP contribution in [0.1, 0.15) is 73.5 Å². The Morgan fingerprint density at radius 2 is 1.54 bits per heavy atom. The van der Waals surface area contributed by atoms with Gasteiger partial charge in [0.1, 0.15) is 0 Å². The number of rotatable bonds is 9. The number of carboxylic acids is 1. The molecular formula is C21H34O4P+. The first-order chi connectivity index (χ1) is 12.2. The summed E-state index contributed by atoms with van der Waals surface area (Å²) in [6.07, 6.45) is 3.48. The molecule has 0 radical (unpaired) electrons. The lowest BCUT2D eigenvalue weighted by Gasteiger charge is -2.27. The Morgan fingerprint density at radius 3 is 1.92 bits per heavy atom. The molecule has 4 nitrogen and oxygen atoms in total. The number of unbranched alkanes of at least 4 members (excludes halogenated alkanes) is 2. The Morgan fingerprint density at radius 1 is 1.04 bits per heavy atom. The van der Waals surface area contributed by atoms with Crippen LogP contribution in [0.4, 0.5) is 0 Å². The Kier molecular flexibility index (Phi) is 11.2. The second-order valence-electron chi connectivity index (χ2n) is 7.35. The highest BCUT2D eigenvalue weighted by Crippen LogP contribution is 2.32. The molecular weight excluding hydrogens is 347 g/mol. The van der Waals surface area contributed by atoms with Gasteiger partial charge in [-0.2, -0.15) is 0 Å². The smallest absolute Gasteiger partial charge is 0.310 e. The van der Waals surface area contributed by atoms with Gasteiger partial charge in [-0.15, -0.1) is 0 Å². The molecule has 0 aliphatic heterocycles. The Hall–Kier alpha value is -1.54. The van der Waals surface area contributed by atoms with E-state index < -0.39 is 17.8 Å². The number of carbonyl (C=O) groups excluding carboxylic acids is 1. The van der Waals surface area contributed by atoms with Gasteiger partial charge in [0.15, 0.2) is 5.78 Å². The zero-order chi connectivity index (χ0) is 20.4. The monoisotopic (exact) mass is 381 g/mol. The second-order valence-corrected chi connectivity index (χ2v) is 7.35. The van der Waals surface area contributed by atoms with Crippen molar-refractivity contribution in [2.45, 2.75) is 67.2 Å². The number of Topliss-reactive ketones (excluding diaryl/α,β-unsaturated/α-hetero) is 1. The van der Waals surface area contributed by atoms with E-state index in [-0.39, 0.29) is 11.7 Å². The fourth-order valence-corrected chi connectivity index (χ4v) is 3.76. The highest BCUT2D eigenvalue weighted by Gasteiger charge is 2.36. The predicted molar refractivity (Wildman–Crippen MR) is 109 cm³/mol. The summed E-state index contributed by atoms with van der Waals surface area (Å²) in [5.74, 6) is -1.94. The molecule has 0 amide bonds. The number of hydrogen-bond acceptors (Lipinski definition) is 3. The number of carbonyl (C=O) groups is 2. The van der Waals surface area contributed by atoms with Crippen molar-refractivity contribution in [2.75, 3.05) is 0 Å². The fraction of sp³-hybridized carbons (Fsp3) is 0.619. The first-order valence-electron chi connectivity index (χ1n) is 9.29. The molecule has 0 bridgehead atoms. The highest BCUT2D eigenvalue weighted by molar-refractivity contribution is 7.00. The van der Waals surface area contributed by atoms with Gasteiger partial charge in [-0.05, 0) is 44.2 Å². The summed E-state index contributed by atoms with van der Waals surface area (Å²) in [4.78, 5) is 25.1. The normalized spacial score (nSPS) is 12.9. The van der Waals surface area contributed by atoms with Crippen molar-refractivity contribution in [1.82, 2.24) is 0 Å². The lowest BCUT2D eigenvalue weighted by molar-refractivity contribution is -0.144. The summed E-state index contributed by atoms with van der Waals surface area (Å²) in [5.41, 5.74) is 3.73. The van der Waals surface area contributed by atoms with Gasteiger partial charge < -0.3 is 5.11 Å². The molecule has 146 valence electrons. The van der Waals surface area contributed by atoms with Gasteiger partial charge in [-0.3, -0.25) is 9.59 Å². The second kappa shape index (κ2) is 12.0. The minimum Gasteiger partial charge on any atom is -0.481 e. The van der Waals surface area contributed by atoms with E-state index in [0.29, 0.717) is 12.0 Å². The molecule has 5 heteroatoms. The van der Waals surface area contributed by atoms with E-state index in [1.54, 1.807) is 0 Å². The van der Waals surface area contributed by atoms with Crippen LogP contribution in [0.15, 0.2) is 12.1 Å². The van der Waals surface area contributed by atoms with Crippen molar-refractivity contribution >= 4 is 20.9 Å². The number of ketones is 1. The van der Waals surface area contributed by atoms with E-state index in [0.717, 1.165) is 36.0 Å². The number of benzene rings is 1. The van der Waals surface area contributed by atoms with Gasteiger partial charge >= 0.3 is 15.1 Å². The third kappa shape index (κ3) is 6.64. The molecule has 0 aliphatic carbocycles. The van der Waals surface area contributed by atoms with Crippen molar-refractivity contribution in [1.29, 1.82) is 0 Å². The highest BCUT2D eigenvalue weighted by atomic mass is 31.0. The van der Waals surface area contributed by atoms with Gasteiger partial charge in [0.05, 0.1) is 5.92 Å². The summed E-state index contributed by atoms with van der Waals surface area (Å²) >= 11 is 0. The summed E-state index contributed by atoms with van der Waals surface area (Å²) in [6.45, 7) is 11.9. The van der Waals surface area contributed by atoms with Crippen LogP contribution < -0.4 is 0 Å². The molecule has 0 aromatic heterocycles. The van der Waals surface area contributed by atoms with E-state index in [9.17, 15) is 14.7 Å². The van der Waals surface area contributed by atoms with E-state index in [4.69, 9.17) is 4.57 Å². The minimum absolute atomic E-state index is 0.000305. The molecule has 0 aliphatic rings. The maximum Gasteiger partial charge on any atom is 0.310 e. The average molecular weight is 381 g/mol. The Balaban J connectivity index is 0.00000301. The van der Waals surface area contributed by atoms with Gasteiger partial charge in [-0.1, -0.05) is 62.3 Å². The lowest BCUT2D eigenvalue weighted by Crippen LogP contribution is -2.34. The van der Waals surface area contributed by atoms with E-state index in [2.05, 4.69) is 6.92 Å². The summed E-state index contributed by atoms with van der Waals surface area (Å²) in [7, 11) is 1.17. The molecule has 0 fully saturated rings. The minimum atomic E-state index is -0.847. The standard InChI is InChI=1S/C21H32O3.H2OP/c1-7-8-9-10-17(21(23)24)18(13(2)3)20(22)19-15(5)11-14(4)12-16(19)6;1-2/h11-13,17-18H,7-10H2,1-6H3,(H,23,24);2H2/q;+1. The number of aryl methyl sites for hydroxylation is 3. The molecule has 1 aromatic carbocycles. The van der Waals surface area contributed by atoms with Crippen LogP contribution in [-0.2, 0) is 9.36 Å². The molecule has 0 saturated carbocycles. The number of aliphatic carboxylic acids is 1. The molecule has 1 N–H and O–H groups in total. The Labute approximate surface area is 160 Å². The van der Waals surface area contributed by atoms with Crippen molar-refractivity contribution < 1.29 is 19.3 Å². The maximum atomic E-state index is 13.3. The fourth-order valence-electron chi connectivity index (χ4n) is 3.76. The van der Waals surface area contributed by atoms with Crippen LogP contribution in [0.3, 0.4) is 0 Å². The van der Waals surface area contributed by atoms with Crippen LogP contribution in [-0.4, -0.2) is 16.9 Å². The summed E-state index contributed by atoms with van der Waals surface area (Å²) in [6, 6.07) is 4.01. The van der Waals surface area contributed by atoms with Crippen LogP contribution in [0, 0.1) is 38.5 Å². The van der Waals surface area contributed by atoms with E-state index >= 15 is 0 Å². The SMILES string of the molecule is CCCCCC(C(=O)O)C(C(=O)c1c(C)cc(C)cc1C)C(C)C.O=[PH2+]. The van der Waals surface area contributed by atoms with E-state index in [1.807, 2.05) is 46.8 Å². The molecule has 26 heavy (non-hydrogen) atoms. The largest absolute Gasteiger partial charge is 0.481 e. The van der Waals surface area contributed by atoms with Crippen molar-refractivity contribution in [3.05, 3.63) is 34.4 Å². The molecule has 0 spiro atoms. The number of carboxylic acid groups (broad SMARTS) is 1. The maximum absolute atomic E-state index is 13.3. The van der Waals surface area contributed by atoms with Gasteiger partial charge in [-0.25, -0.2) is 0 Å². The lowest BCUT2D eigenvalue weighted by atomic mass is 9.74. The number of hydrogen-bond donors (Lipinski definition) is 1. The van der Waals surface area contributed by atoms with E-state index in [1.165, 1.54) is 9.12 Å². The van der Waals surface area contributed by atoms with Crippen molar-refractivity contribution in [3.8, 4) is 0 Å². The van der Waals surface area contributed by atoms with Crippen LogP contribution in [0.2, 0.25) is 0 Å². The molecule has 3 unspecified atom stereocenters. The summed E-state index contributed by atoms with van der Waals surface area (Å²) < 4.78 is 8.17. The molecule has 3 atom stereocenters. The predicted octanol–water partition coefficient (Wildman–Crippen LogP) is 5.55. The van der Waals surface area contributed by atoms with Crippen LogP contribution in [0.5, 0.6) is 0 Å². The molecule has 0 heterocycles. The van der Waals surface area contributed by atoms with Crippen molar-refractivity contribution in [3.63, 3.8) is 0 Å². The molecule has 1 aromatic rings. The first-order valence-corrected chi connectivity index (χ1v) is 9.76. The van der Waals surface area contributed by atoms with Crippen molar-refractivity contribution in [2.24, 2.45) is 17.8 Å². The van der Waals surface area contributed by atoms with Gasteiger partial charge in [0.25, 0.3) is 0 Å². The molecule has 0 saturated heterocycles. The first kappa shape index (κ1) is 24.5. The Bertz CT molecular complexity index is 587. The quantitative estimate of drug-likeness (QED) is 0.345. The third-order valence-electron chi connectivity index (χ3n) is 4.81. The van der Waals surface area contributed by atoms with Crippen LogP contribution >= 0.6 is 9.12 Å². The third-order valence-corrected chi connectivity index (χ3v) is 4.81. The van der Waals surface area contributed by atoms with Crippen LogP contribution in [0.25, 0.3) is 0 Å². The topological polar surface area (TPSA) is 71.4 Å². The zero-order valence-corrected chi connectivity index (χ0v) is 18.1. The zero-order valence-electron chi connectivity index (χ0n) is 17.0. The summed E-state index contributed by atoms with van der Waals surface area (Å²) in [5, 5.41) is 9.72. The van der Waals surface area contributed by atoms with Gasteiger partial charge in [0, 0.05) is 11.5 Å².